The summed E-state index contributed by atoms with van der Waals surface area (Å²) >= 11 is 18.3. The lowest BCUT2D eigenvalue weighted by Crippen LogP contribution is -2.41. The first kappa shape index (κ1) is 23.3. The summed E-state index contributed by atoms with van der Waals surface area (Å²) in [5, 5.41) is 4.23. The molecule has 0 fully saturated rings. The Morgan fingerprint density at radius 2 is 2.03 bits per heavy atom. The number of fused-ring (bicyclic) bond motifs is 1. The van der Waals surface area contributed by atoms with Gasteiger partial charge in [-0.2, -0.15) is 0 Å². The number of anilines is 1. The van der Waals surface area contributed by atoms with Crippen molar-refractivity contribution in [1.29, 1.82) is 0 Å². The Morgan fingerprint density at radius 3 is 2.74 bits per heavy atom. The van der Waals surface area contributed by atoms with Gasteiger partial charge >= 0.3 is 6.03 Å². The fourth-order valence-corrected chi connectivity index (χ4v) is 3.74. The molecule has 0 aliphatic rings. The van der Waals surface area contributed by atoms with Gasteiger partial charge in [0.1, 0.15) is 5.82 Å². The quantitative estimate of drug-likeness (QED) is 0.463. The summed E-state index contributed by atoms with van der Waals surface area (Å²) in [5.41, 5.74) is 0.526. The molecule has 0 spiro atoms. The zero-order chi connectivity index (χ0) is 22.5. The van der Waals surface area contributed by atoms with Crippen molar-refractivity contribution >= 4 is 57.4 Å². The van der Waals surface area contributed by atoms with Crippen LogP contribution in [0.4, 0.5) is 10.5 Å². The molecular formula is C21H21Cl3N4O3. The van der Waals surface area contributed by atoms with Crippen molar-refractivity contribution in [2.75, 3.05) is 25.6 Å². The summed E-state index contributed by atoms with van der Waals surface area (Å²) in [6.07, 6.45) is 0.495. The second kappa shape index (κ2) is 10.3. The number of halogens is 3. The van der Waals surface area contributed by atoms with Crippen molar-refractivity contribution in [2.45, 2.75) is 19.4 Å². The molecule has 31 heavy (non-hydrogen) atoms. The molecule has 1 unspecified atom stereocenters. The smallest absolute Gasteiger partial charge is 0.322 e. The van der Waals surface area contributed by atoms with Crippen LogP contribution in [0.5, 0.6) is 0 Å². The Balaban J connectivity index is 1.99. The first-order valence-electron chi connectivity index (χ1n) is 9.55. The third-order valence-electron chi connectivity index (χ3n) is 4.76. The van der Waals surface area contributed by atoms with E-state index in [1.54, 1.807) is 43.5 Å². The van der Waals surface area contributed by atoms with E-state index in [1.165, 1.54) is 4.90 Å². The number of hydrogen-bond donors (Lipinski definition) is 2. The number of amides is 2. The standard InChI is InChI=1S/C21H21Cl3N4O3/c1-3-17(19-25-16-11-12(22)7-8-13(16)20(29)27-19)28(9-10-31-2)21(30)26-15-6-4-5-14(23)18(15)24/h4-8,11,17H,3,9-10H2,1-2H3,(H,26,30)(H,25,27,29). The lowest BCUT2D eigenvalue weighted by Gasteiger charge is -2.30. The molecule has 2 amide bonds. The van der Waals surface area contributed by atoms with E-state index in [0.29, 0.717) is 38.9 Å². The predicted octanol–water partition coefficient (Wildman–Crippen LogP) is 5.51. The van der Waals surface area contributed by atoms with Crippen LogP contribution in [0.25, 0.3) is 10.9 Å². The highest BCUT2D eigenvalue weighted by atomic mass is 35.5. The van der Waals surface area contributed by atoms with Crippen molar-refractivity contribution in [2.24, 2.45) is 0 Å². The maximum atomic E-state index is 13.2. The number of nitrogens with zero attached hydrogens (tertiary/aromatic N) is 2. The van der Waals surface area contributed by atoms with E-state index >= 15 is 0 Å². The first-order valence-corrected chi connectivity index (χ1v) is 10.7. The normalized spacial score (nSPS) is 12.0. The summed E-state index contributed by atoms with van der Waals surface area (Å²) in [4.78, 5) is 34.7. The van der Waals surface area contributed by atoms with Crippen LogP contribution in [0.15, 0.2) is 41.2 Å². The molecular weight excluding hydrogens is 463 g/mol. The van der Waals surface area contributed by atoms with E-state index < -0.39 is 12.1 Å². The molecule has 1 atom stereocenters. The molecule has 1 aromatic heterocycles. The van der Waals surface area contributed by atoms with Crippen LogP contribution in [0.3, 0.4) is 0 Å². The highest BCUT2D eigenvalue weighted by Gasteiger charge is 2.27. The molecule has 0 aliphatic carbocycles. The Kier molecular flexibility index (Phi) is 7.78. The third kappa shape index (κ3) is 5.30. The van der Waals surface area contributed by atoms with Crippen molar-refractivity contribution in [3.8, 4) is 0 Å². The van der Waals surface area contributed by atoms with Gasteiger partial charge in [-0.05, 0) is 36.8 Å². The Labute approximate surface area is 194 Å². The van der Waals surface area contributed by atoms with Crippen LogP contribution in [-0.4, -0.2) is 41.2 Å². The Hall–Kier alpha value is -2.32. The van der Waals surface area contributed by atoms with E-state index in [-0.39, 0.29) is 23.7 Å². The maximum Gasteiger partial charge on any atom is 0.322 e. The fraction of sp³-hybridized carbons (Fsp3) is 0.286. The number of ether oxygens (including phenoxy) is 1. The number of H-pyrrole nitrogens is 1. The lowest BCUT2D eigenvalue weighted by molar-refractivity contribution is 0.132. The number of carbonyl (C=O) groups is 1. The zero-order valence-corrected chi connectivity index (χ0v) is 19.2. The molecule has 10 heteroatoms. The van der Waals surface area contributed by atoms with E-state index in [2.05, 4.69) is 15.3 Å². The molecule has 3 rings (SSSR count). The predicted molar refractivity (Wildman–Crippen MR) is 124 cm³/mol. The molecule has 0 aliphatic heterocycles. The van der Waals surface area contributed by atoms with Crippen LogP contribution in [0.2, 0.25) is 15.1 Å². The molecule has 2 N–H and O–H groups in total. The number of nitrogens with one attached hydrogen (secondary N) is 2. The minimum absolute atomic E-state index is 0.240. The lowest BCUT2D eigenvalue weighted by atomic mass is 10.1. The number of aromatic nitrogens is 2. The maximum absolute atomic E-state index is 13.2. The molecule has 0 saturated carbocycles. The average molecular weight is 484 g/mol. The van der Waals surface area contributed by atoms with Gasteiger partial charge in [0.05, 0.1) is 39.3 Å². The molecule has 0 radical (unpaired) electrons. The van der Waals surface area contributed by atoms with Gasteiger partial charge in [-0.25, -0.2) is 9.78 Å². The van der Waals surface area contributed by atoms with Crippen molar-refractivity contribution in [1.82, 2.24) is 14.9 Å². The first-order chi connectivity index (χ1) is 14.8. The molecule has 2 aromatic carbocycles. The van der Waals surface area contributed by atoms with Gasteiger partial charge in [0, 0.05) is 18.7 Å². The minimum atomic E-state index is -0.524. The SMILES string of the molecule is CCC(c1nc2cc(Cl)ccc2c(=O)[nH]1)N(CCOC)C(=O)Nc1cccc(Cl)c1Cl. The Morgan fingerprint density at radius 1 is 1.26 bits per heavy atom. The summed E-state index contributed by atoms with van der Waals surface area (Å²) in [5.74, 6) is 0.353. The minimum Gasteiger partial charge on any atom is -0.383 e. The van der Waals surface area contributed by atoms with Crippen molar-refractivity contribution in [3.63, 3.8) is 0 Å². The number of methoxy groups -OCH3 is 1. The summed E-state index contributed by atoms with van der Waals surface area (Å²) in [6, 6.07) is 8.88. The van der Waals surface area contributed by atoms with E-state index in [4.69, 9.17) is 39.5 Å². The zero-order valence-electron chi connectivity index (χ0n) is 16.9. The Bertz CT molecular complexity index is 1150. The molecule has 1 heterocycles. The van der Waals surface area contributed by atoms with E-state index in [9.17, 15) is 9.59 Å². The van der Waals surface area contributed by atoms with Crippen LogP contribution in [-0.2, 0) is 4.74 Å². The number of hydrogen-bond acceptors (Lipinski definition) is 4. The van der Waals surface area contributed by atoms with E-state index in [1.807, 2.05) is 6.92 Å². The van der Waals surface area contributed by atoms with Gasteiger partial charge in [0.15, 0.2) is 0 Å². The largest absolute Gasteiger partial charge is 0.383 e. The molecule has 164 valence electrons. The molecule has 3 aromatic rings. The summed E-state index contributed by atoms with van der Waals surface area (Å²) in [7, 11) is 1.54. The second-order valence-electron chi connectivity index (χ2n) is 6.75. The number of carbonyl (C=O) groups excluding carboxylic acids is 1. The van der Waals surface area contributed by atoms with Gasteiger partial charge in [0.25, 0.3) is 5.56 Å². The third-order valence-corrected chi connectivity index (χ3v) is 5.81. The number of aromatic amines is 1. The summed E-state index contributed by atoms with van der Waals surface area (Å²) < 4.78 is 5.18. The van der Waals surface area contributed by atoms with Crippen LogP contribution in [0.1, 0.15) is 25.2 Å². The van der Waals surface area contributed by atoms with Crippen LogP contribution in [0, 0.1) is 0 Å². The van der Waals surface area contributed by atoms with Gasteiger partial charge in [0.2, 0.25) is 0 Å². The molecule has 0 saturated heterocycles. The molecule has 0 bridgehead atoms. The van der Waals surface area contributed by atoms with Gasteiger partial charge in [-0.3, -0.25) is 4.79 Å². The van der Waals surface area contributed by atoms with Crippen molar-refractivity contribution in [3.05, 3.63) is 67.6 Å². The van der Waals surface area contributed by atoms with Crippen LogP contribution < -0.4 is 10.9 Å². The van der Waals surface area contributed by atoms with Gasteiger partial charge in [-0.15, -0.1) is 0 Å². The van der Waals surface area contributed by atoms with Gasteiger partial charge < -0.3 is 19.9 Å². The number of urea groups is 1. The van der Waals surface area contributed by atoms with Crippen molar-refractivity contribution < 1.29 is 9.53 Å². The topological polar surface area (TPSA) is 87.3 Å². The van der Waals surface area contributed by atoms with Gasteiger partial charge in [-0.1, -0.05) is 47.8 Å². The monoisotopic (exact) mass is 482 g/mol. The van der Waals surface area contributed by atoms with E-state index in [0.717, 1.165) is 0 Å². The molecule has 7 nitrogen and oxygen atoms in total. The summed E-state index contributed by atoms with van der Waals surface area (Å²) in [6.45, 7) is 2.44. The number of rotatable bonds is 7. The highest BCUT2D eigenvalue weighted by molar-refractivity contribution is 6.44. The van der Waals surface area contributed by atoms with Crippen LogP contribution >= 0.6 is 34.8 Å². The number of benzene rings is 2. The average Bonchev–Trinajstić information content (AvgIpc) is 2.73. The highest BCUT2D eigenvalue weighted by Crippen LogP contribution is 2.31. The fourth-order valence-electron chi connectivity index (χ4n) is 3.23. The second-order valence-corrected chi connectivity index (χ2v) is 7.98.